The van der Waals surface area contributed by atoms with Gasteiger partial charge in [0.05, 0.1) is 11.4 Å². The Morgan fingerprint density at radius 3 is 2.46 bits per heavy atom. The summed E-state index contributed by atoms with van der Waals surface area (Å²) >= 11 is 0. The van der Waals surface area contributed by atoms with Crippen LogP contribution in [0.1, 0.15) is 29.8 Å². The molecule has 0 radical (unpaired) electrons. The average Bonchev–Trinajstić information content (AvgIpc) is 3.32. The highest BCUT2D eigenvalue weighted by atomic mass is 32.2. The minimum atomic E-state index is -3.62. The number of anilines is 1. The molecule has 0 saturated heterocycles. The first-order chi connectivity index (χ1) is 11.4. The number of nitrogens with one attached hydrogen (secondary N) is 3. The van der Waals surface area contributed by atoms with Crippen molar-refractivity contribution in [2.45, 2.75) is 38.1 Å². The Bertz CT molecular complexity index is 832. The van der Waals surface area contributed by atoms with Crippen molar-refractivity contribution in [3.8, 4) is 0 Å². The molecule has 3 rings (SSSR count). The zero-order valence-electron chi connectivity index (χ0n) is 13.6. The summed E-state index contributed by atoms with van der Waals surface area (Å²) in [5.41, 5.74) is 2.48. The fourth-order valence-electron chi connectivity index (χ4n) is 2.48. The van der Waals surface area contributed by atoms with Gasteiger partial charge < -0.3 is 5.32 Å². The van der Waals surface area contributed by atoms with Gasteiger partial charge in [0.2, 0.25) is 15.9 Å². The zero-order chi connectivity index (χ0) is 17.3. The van der Waals surface area contributed by atoms with Crippen molar-refractivity contribution in [3.05, 3.63) is 41.2 Å². The molecule has 1 aliphatic rings. The first kappa shape index (κ1) is 16.7. The molecule has 0 aliphatic heterocycles. The summed E-state index contributed by atoms with van der Waals surface area (Å²) in [5, 5.41) is 9.43. The van der Waals surface area contributed by atoms with Crippen LogP contribution in [0.5, 0.6) is 0 Å². The van der Waals surface area contributed by atoms with E-state index in [0.29, 0.717) is 11.4 Å². The van der Waals surface area contributed by atoms with Gasteiger partial charge in [-0.25, -0.2) is 13.1 Å². The van der Waals surface area contributed by atoms with Gasteiger partial charge in [-0.3, -0.25) is 9.89 Å². The molecule has 1 aliphatic carbocycles. The normalized spacial score (nSPS) is 14.6. The van der Waals surface area contributed by atoms with Crippen LogP contribution in [0.15, 0.2) is 29.2 Å². The van der Waals surface area contributed by atoms with Crippen molar-refractivity contribution in [3.63, 3.8) is 0 Å². The monoisotopic (exact) mass is 348 g/mol. The number of carbonyl (C=O) groups excluding carboxylic acids is 1. The molecule has 1 aromatic carbocycles. The number of sulfonamides is 1. The summed E-state index contributed by atoms with van der Waals surface area (Å²) < 4.78 is 27.3. The van der Waals surface area contributed by atoms with E-state index < -0.39 is 10.0 Å². The molecule has 3 N–H and O–H groups in total. The molecule has 0 unspecified atom stereocenters. The van der Waals surface area contributed by atoms with E-state index in [1.54, 1.807) is 38.1 Å². The zero-order valence-corrected chi connectivity index (χ0v) is 14.4. The third-order valence-electron chi connectivity index (χ3n) is 3.97. The lowest BCUT2D eigenvalue weighted by atomic mass is 10.2. The van der Waals surface area contributed by atoms with Crippen LogP contribution >= 0.6 is 0 Å². The maximum Gasteiger partial charge on any atom is 0.244 e. The summed E-state index contributed by atoms with van der Waals surface area (Å²) in [6.07, 6.45) is 1.91. The van der Waals surface area contributed by atoms with Crippen LogP contribution in [-0.4, -0.2) is 24.5 Å². The third kappa shape index (κ3) is 3.65. The van der Waals surface area contributed by atoms with Gasteiger partial charge in [0.1, 0.15) is 4.90 Å². The minimum Gasteiger partial charge on any atom is -0.326 e. The van der Waals surface area contributed by atoms with Crippen LogP contribution in [-0.2, 0) is 21.4 Å². The number of aryl methyl sites for hydroxylation is 2. The molecule has 128 valence electrons. The predicted molar refractivity (Wildman–Crippen MR) is 89.9 cm³/mol. The largest absolute Gasteiger partial charge is 0.326 e. The minimum absolute atomic E-state index is 0.0503. The molecule has 8 heteroatoms. The molecular weight excluding hydrogens is 328 g/mol. The van der Waals surface area contributed by atoms with Crippen LogP contribution in [0.2, 0.25) is 0 Å². The Kier molecular flexibility index (Phi) is 4.42. The topological polar surface area (TPSA) is 104 Å². The van der Waals surface area contributed by atoms with Crippen molar-refractivity contribution >= 4 is 21.6 Å². The maximum atomic E-state index is 12.4. The predicted octanol–water partition coefficient (Wildman–Crippen LogP) is 1.85. The van der Waals surface area contributed by atoms with E-state index in [-0.39, 0.29) is 23.3 Å². The fraction of sp³-hybridized carbons (Fsp3) is 0.375. The van der Waals surface area contributed by atoms with Crippen LogP contribution in [0, 0.1) is 19.8 Å². The van der Waals surface area contributed by atoms with E-state index in [2.05, 4.69) is 20.2 Å². The molecule has 0 atom stereocenters. The van der Waals surface area contributed by atoms with Gasteiger partial charge in [0.25, 0.3) is 0 Å². The first-order valence-corrected chi connectivity index (χ1v) is 9.26. The number of aromatic nitrogens is 2. The highest BCUT2D eigenvalue weighted by Crippen LogP contribution is 2.30. The number of carbonyl (C=O) groups is 1. The van der Waals surface area contributed by atoms with E-state index in [0.717, 1.165) is 24.1 Å². The van der Waals surface area contributed by atoms with E-state index in [1.165, 1.54) is 0 Å². The number of aromatic amines is 1. The molecule has 1 fully saturated rings. The lowest BCUT2D eigenvalue weighted by Crippen LogP contribution is -2.24. The Morgan fingerprint density at radius 2 is 1.92 bits per heavy atom. The van der Waals surface area contributed by atoms with Crippen LogP contribution in [0.3, 0.4) is 0 Å². The van der Waals surface area contributed by atoms with E-state index >= 15 is 0 Å². The molecule has 1 aromatic heterocycles. The summed E-state index contributed by atoms with van der Waals surface area (Å²) in [5.74, 6) is 0.201. The Morgan fingerprint density at radius 1 is 1.25 bits per heavy atom. The summed E-state index contributed by atoms with van der Waals surface area (Å²) in [4.78, 5) is 11.9. The van der Waals surface area contributed by atoms with Crippen LogP contribution in [0.25, 0.3) is 0 Å². The van der Waals surface area contributed by atoms with Gasteiger partial charge in [-0.05, 0) is 44.4 Å². The first-order valence-electron chi connectivity index (χ1n) is 7.78. The molecule has 0 bridgehead atoms. The molecule has 1 saturated carbocycles. The number of hydrogen-bond donors (Lipinski definition) is 3. The number of benzene rings is 1. The molecule has 2 aromatic rings. The molecule has 1 amide bonds. The Balaban J connectivity index is 1.63. The summed E-state index contributed by atoms with van der Waals surface area (Å²) in [6, 6.07) is 7.14. The van der Waals surface area contributed by atoms with Crippen molar-refractivity contribution in [1.29, 1.82) is 0 Å². The third-order valence-corrected chi connectivity index (χ3v) is 5.63. The van der Waals surface area contributed by atoms with Crippen LogP contribution in [0.4, 0.5) is 5.69 Å². The smallest absolute Gasteiger partial charge is 0.244 e. The Hall–Kier alpha value is -2.19. The van der Waals surface area contributed by atoms with Crippen molar-refractivity contribution in [2.75, 3.05) is 5.32 Å². The standard InChI is InChI=1S/C16H20N4O3S/c1-10-15(11(2)20-19-10)24(22,23)17-9-12-3-7-14(8-4-12)18-16(21)13-5-6-13/h3-4,7-8,13,17H,5-6,9H2,1-2H3,(H,18,21)(H,19,20). The lowest BCUT2D eigenvalue weighted by molar-refractivity contribution is -0.117. The SMILES string of the molecule is Cc1n[nH]c(C)c1S(=O)(=O)NCc1ccc(NC(=O)C2CC2)cc1. The molecule has 0 spiro atoms. The van der Waals surface area contributed by atoms with Crippen molar-refractivity contribution < 1.29 is 13.2 Å². The fourth-order valence-corrected chi connectivity index (χ4v) is 3.87. The van der Waals surface area contributed by atoms with Crippen molar-refractivity contribution in [2.24, 2.45) is 5.92 Å². The highest BCUT2D eigenvalue weighted by molar-refractivity contribution is 7.89. The Labute approximate surface area is 140 Å². The number of amides is 1. The summed E-state index contributed by atoms with van der Waals surface area (Å²) in [6.45, 7) is 3.49. The molecule has 24 heavy (non-hydrogen) atoms. The second kappa shape index (κ2) is 6.37. The molecular formula is C16H20N4O3S. The average molecular weight is 348 g/mol. The van der Waals surface area contributed by atoms with Gasteiger partial charge in [-0.2, -0.15) is 5.10 Å². The van der Waals surface area contributed by atoms with Gasteiger partial charge >= 0.3 is 0 Å². The second-order valence-electron chi connectivity index (χ2n) is 6.05. The number of nitrogens with zero attached hydrogens (tertiary/aromatic N) is 1. The van der Waals surface area contributed by atoms with Crippen molar-refractivity contribution in [1.82, 2.24) is 14.9 Å². The second-order valence-corrected chi connectivity index (χ2v) is 7.75. The van der Waals surface area contributed by atoms with Gasteiger partial charge in [-0.1, -0.05) is 12.1 Å². The maximum absolute atomic E-state index is 12.4. The molecule has 7 nitrogen and oxygen atoms in total. The number of H-pyrrole nitrogens is 1. The van der Waals surface area contributed by atoms with E-state index in [4.69, 9.17) is 0 Å². The highest BCUT2D eigenvalue weighted by Gasteiger charge is 2.29. The summed E-state index contributed by atoms with van der Waals surface area (Å²) in [7, 11) is -3.62. The van der Waals surface area contributed by atoms with Gasteiger partial charge in [0, 0.05) is 18.2 Å². The van der Waals surface area contributed by atoms with E-state index in [1.807, 2.05) is 0 Å². The van der Waals surface area contributed by atoms with Gasteiger partial charge in [-0.15, -0.1) is 0 Å². The molecule has 1 heterocycles. The van der Waals surface area contributed by atoms with Crippen LogP contribution < -0.4 is 10.0 Å². The lowest BCUT2D eigenvalue weighted by Gasteiger charge is -2.08. The number of hydrogen-bond acceptors (Lipinski definition) is 4. The number of rotatable bonds is 6. The quantitative estimate of drug-likeness (QED) is 0.741. The van der Waals surface area contributed by atoms with Gasteiger partial charge in [0.15, 0.2) is 0 Å². The van der Waals surface area contributed by atoms with E-state index in [9.17, 15) is 13.2 Å².